The molecule has 0 saturated heterocycles. The Hall–Kier alpha value is -1.30. The van der Waals surface area contributed by atoms with Crippen molar-refractivity contribution in [2.75, 3.05) is 19.6 Å². The smallest absolute Gasteiger partial charge is 0.407 e. The van der Waals surface area contributed by atoms with Gasteiger partial charge >= 0.3 is 12.1 Å². The number of rotatable bonds is 6. The summed E-state index contributed by atoms with van der Waals surface area (Å²) in [6, 6.07) is 0. The molecule has 0 aliphatic rings. The van der Waals surface area contributed by atoms with Gasteiger partial charge in [0, 0.05) is 19.6 Å². The Balaban J connectivity index is 3.54. The molecule has 0 atom stereocenters. The van der Waals surface area contributed by atoms with Gasteiger partial charge in [0.1, 0.15) is 11.2 Å². The van der Waals surface area contributed by atoms with Gasteiger partial charge in [-0.05, 0) is 41.5 Å². The van der Waals surface area contributed by atoms with E-state index in [1.165, 1.54) is 0 Å². The largest absolute Gasteiger partial charge is 0.460 e. The number of amides is 1. The number of esters is 1. The summed E-state index contributed by atoms with van der Waals surface area (Å²) < 4.78 is 10.3. The minimum absolute atomic E-state index is 0.231. The molecule has 6 heteroatoms. The molecule has 0 fully saturated rings. The third-order valence-corrected chi connectivity index (χ3v) is 1.90. The Bertz CT molecular complexity index is 284. The van der Waals surface area contributed by atoms with Crippen molar-refractivity contribution in [1.29, 1.82) is 0 Å². The number of alkyl carbamates (subject to hydrolysis) is 1. The van der Waals surface area contributed by atoms with E-state index in [2.05, 4.69) is 10.6 Å². The van der Waals surface area contributed by atoms with Crippen LogP contribution in [-0.4, -0.2) is 42.9 Å². The summed E-state index contributed by atoms with van der Waals surface area (Å²) in [5.74, 6) is -0.231. The fourth-order valence-electron chi connectivity index (χ4n) is 1.28. The molecule has 0 unspecified atom stereocenters. The summed E-state index contributed by atoms with van der Waals surface area (Å²) >= 11 is 0. The summed E-state index contributed by atoms with van der Waals surface area (Å²) in [6.45, 7) is 12.5. The van der Waals surface area contributed by atoms with E-state index >= 15 is 0 Å². The van der Waals surface area contributed by atoms with Crippen molar-refractivity contribution >= 4 is 12.1 Å². The highest BCUT2D eigenvalue weighted by molar-refractivity contribution is 5.70. The molecule has 118 valence electrons. The van der Waals surface area contributed by atoms with Gasteiger partial charge in [0.2, 0.25) is 0 Å². The highest BCUT2D eigenvalue weighted by Gasteiger charge is 2.16. The Morgan fingerprint density at radius 3 is 1.90 bits per heavy atom. The maximum atomic E-state index is 11.4. The molecule has 0 bridgehead atoms. The van der Waals surface area contributed by atoms with Gasteiger partial charge in [0.25, 0.3) is 0 Å². The van der Waals surface area contributed by atoms with Gasteiger partial charge in [-0.3, -0.25) is 4.79 Å². The van der Waals surface area contributed by atoms with Gasteiger partial charge in [-0.15, -0.1) is 0 Å². The maximum absolute atomic E-state index is 11.4. The first-order valence-electron chi connectivity index (χ1n) is 6.89. The van der Waals surface area contributed by atoms with E-state index < -0.39 is 17.3 Å². The van der Waals surface area contributed by atoms with Crippen LogP contribution in [0.3, 0.4) is 0 Å². The van der Waals surface area contributed by atoms with Crippen molar-refractivity contribution < 1.29 is 19.1 Å². The zero-order valence-electron chi connectivity index (χ0n) is 13.5. The normalized spacial score (nSPS) is 11.9. The predicted octanol–water partition coefficient (Wildman–Crippen LogP) is 1.83. The van der Waals surface area contributed by atoms with Crippen LogP contribution in [0.15, 0.2) is 0 Å². The Morgan fingerprint density at radius 1 is 0.850 bits per heavy atom. The van der Waals surface area contributed by atoms with Crippen LogP contribution < -0.4 is 10.6 Å². The van der Waals surface area contributed by atoms with Crippen LogP contribution in [0, 0.1) is 0 Å². The number of ether oxygens (including phenoxy) is 2. The van der Waals surface area contributed by atoms with Gasteiger partial charge < -0.3 is 20.1 Å². The van der Waals surface area contributed by atoms with Gasteiger partial charge in [0.15, 0.2) is 0 Å². The van der Waals surface area contributed by atoms with E-state index in [1.807, 2.05) is 41.5 Å². The van der Waals surface area contributed by atoms with E-state index in [9.17, 15) is 9.59 Å². The molecule has 0 spiro atoms. The number of nitrogens with one attached hydrogen (secondary N) is 2. The second-order valence-electron chi connectivity index (χ2n) is 6.52. The Morgan fingerprint density at radius 2 is 1.40 bits per heavy atom. The van der Waals surface area contributed by atoms with E-state index in [0.29, 0.717) is 26.1 Å². The predicted molar refractivity (Wildman–Crippen MR) is 77.6 cm³/mol. The lowest BCUT2D eigenvalue weighted by molar-refractivity contribution is -0.154. The molecule has 0 aromatic rings. The summed E-state index contributed by atoms with van der Waals surface area (Å²) in [4.78, 5) is 22.7. The van der Waals surface area contributed by atoms with Crippen molar-refractivity contribution in [3.8, 4) is 0 Å². The molecule has 2 N–H and O–H groups in total. The standard InChI is InChI=1S/C14H28N2O4/c1-13(2,3)19-11(17)7-8-15-9-10-16-12(18)20-14(4,5)6/h15H,7-10H2,1-6H3,(H,16,18). The first kappa shape index (κ1) is 18.7. The average Bonchev–Trinajstić information content (AvgIpc) is 2.17. The lowest BCUT2D eigenvalue weighted by Gasteiger charge is -2.20. The molecule has 1 amide bonds. The minimum Gasteiger partial charge on any atom is -0.460 e. The van der Waals surface area contributed by atoms with Gasteiger partial charge in [-0.1, -0.05) is 0 Å². The Kier molecular flexibility index (Phi) is 7.57. The molecule has 0 radical (unpaired) electrons. The van der Waals surface area contributed by atoms with Crippen molar-refractivity contribution in [3.05, 3.63) is 0 Å². The molecule has 0 aliphatic carbocycles. The van der Waals surface area contributed by atoms with Crippen LogP contribution >= 0.6 is 0 Å². The van der Waals surface area contributed by atoms with Gasteiger partial charge in [0.05, 0.1) is 6.42 Å². The van der Waals surface area contributed by atoms with Crippen molar-refractivity contribution in [2.24, 2.45) is 0 Å². The summed E-state index contributed by atoms with van der Waals surface area (Å²) in [5, 5.41) is 5.67. The third kappa shape index (κ3) is 13.1. The van der Waals surface area contributed by atoms with Crippen LogP contribution in [0.1, 0.15) is 48.0 Å². The number of hydrogen-bond donors (Lipinski definition) is 2. The topological polar surface area (TPSA) is 76.7 Å². The van der Waals surface area contributed by atoms with Gasteiger partial charge in [-0.25, -0.2) is 4.79 Å². The van der Waals surface area contributed by atoms with Crippen LogP contribution in [0.4, 0.5) is 4.79 Å². The maximum Gasteiger partial charge on any atom is 0.407 e. The molecule has 0 aromatic carbocycles. The van der Waals surface area contributed by atoms with Crippen molar-refractivity contribution in [3.63, 3.8) is 0 Å². The molecule has 0 aliphatic heterocycles. The van der Waals surface area contributed by atoms with Crippen LogP contribution in [0.2, 0.25) is 0 Å². The number of hydrogen-bond acceptors (Lipinski definition) is 5. The molecule has 6 nitrogen and oxygen atoms in total. The van der Waals surface area contributed by atoms with Crippen molar-refractivity contribution in [2.45, 2.75) is 59.2 Å². The molecular weight excluding hydrogens is 260 g/mol. The summed E-state index contributed by atoms with van der Waals surface area (Å²) in [5.41, 5.74) is -0.941. The fraction of sp³-hybridized carbons (Fsp3) is 0.857. The van der Waals surface area contributed by atoms with Gasteiger partial charge in [-0.2, -0.15) is 0 Å². The van der Waals surface area contributed by atoms with Crippen molar-refractivity contribution in [1.82, 2.24) is 10.6 Å². The number of carbonyl (C=O) groups is 2. The third-order valence-electron chi connectivity index (χ3n) is 1.90. The molecule has 0 aromatic heterocycles. The van der Waals surface area contributed by atoms with E-state index in [0.717, 1.165) is 0 Å². The molecule has 20 heavy (non-hydrogen) atoms. The summed E-state index contributed by atoms with van der Waals surface area (Å²) in [6.07, 6.45) is -0.129. The van der Waals surface area contributed by atoms with E-state index in [4.69, 9.17) is 9.47 Å². The fourth-order valence-corrected chi connectivity index (χ4v) is 1.28. The SMILES string of the molecule is CC(C)(C)OC(=O)CCNCCNC(=O)OC(C)(C)C. The average molecular weight is 288 g/mol. The Labute approximate surface area is 121 Å². The summed E-state index contributed by atoms with van der Waals surface area (Å²) in [7, 11) is 0. The first-order chi connectivity index (χ1) is 8.99. The molecule has 0 saturated carbocycles. The lowest BCUT2D eigenvalue weighted by Crippen LogP contribution is -2.37. The second kappa shape index (κ2) is 8.09. The van der Waals surface area contributed by atoms with Crippen LogP contribution in [-0.2, 0) is 14.3 Å². The highest BCUT2D eigenvalue weighted by Crippen LogP contribution is 2.07. The zero-order chi connectivity index (χ0) is 15.8. The quantitative estimate of drug-likeness (QED) is 0.576. The molecule has 0 rings (SSSR count). The second-order valence-corrected chi connectivity index (χ2v) is 6.52. The van der Waals surface area contributed by atoms with Crippen LogP contribution in [0.25, 0.3) is 0 Å². The molecular formula is C14H28N2O4. The highest BCUT2D eigenvalue weighted by atomic mass is 16.6. The number of carbonyl (C=O) groups excluding carboxylic acids is 2. The monoisotopic (exact) mass is 288 g/mol. The van der Waals surface area contributed by atoms with E-state index in [-0.39, 0.29) is 5.97 Å². The first-order valence-corrected chi connectivity index (χ1v) is 6.89. The minimum atomic E-state index is -0.492. The van der Waals surface area contributed by atoms with E-state index in [1.54, 1.807) is 0 Å². The lowest BCUT2D eigenvalue weighted by atomic mass is 10.2. The zero-order valence-corrected chi connectivity index (χ0v) is 13.5. The van der Waals surface area contributed by atoms with Crippen LogP contribution in [0.5, 0.6) is 0 Å². The molecule has 0 heterocycles.